The maximum atomic E-state index is 12.3. The minimum absolute atomic E-state index is 0.326. The average Bonchev–Trinajstić information content (AvgIpc) is 2.31. The van der Waals surface area contributed by atoms with Gasteiger partial charge >= 0.3 is 6.18 Å². The maximum Gasteiger partial charge on any atom is 0.411 e. The van der Waals surface area contributed by atoms with Crippen LogP contribution < -0.4 is 0 Å². The Morgan fingerprint density at radius 1 is 1.43 bits per heavy atom. The fourth-order valence-electron chi connectivity index (χ4n) is 0.900. The molecule has 0 radical (unpaired) electrons. The summed E-state index contributed by atoms with van der Waals surface area (Å²) in [6.07, 6.45) is -4.88. The number of hydrogen-bond acceptors (Lipinski definition) is 3. The zero-order valence-electron chi connectivity index (χ0n) is 6.45. The van der Waals surface area contributed by atoms with Gasteiger partial charge in [-0.05, 0) is 11.4 Å². The van der Waals surface area contributed by atoms with Crippen LogP contribution in [0.5, 0.6) is 0 Å². The van der Waals surface area contributed by atoms with Gasteiger partial charge in [-0.25, -0.2) is 8.42 Å². The fraction of sp³-hybridized carbons (Fsp3) is 0.333. The molecule has 1 rings (SSSR count). The van der Waals surface area contributed by atoms with Crippen LogP contribution in [0.4, 0.5) is 13.2 Å². The molecular formula is C6H4ClF3O2S2. The van der Waals surface area contributed by atoms with Crippen LogP contribution in [0.2, 0.25) is 0 Å². The Labute approximate surface area is 86.7 Å². The van der Waals surface area contributed by atoms with E-state index in [-0.39, 0.29) is 4.88 Å². The van der Waals surface area contributed by atoms with E-state index in [4.69, 9.17) is 10.7 Å². The second-order valence-corrected chi connectivity index (χ2v) is 6.10. The average molecular weight is 265 g/mol. The van der Waals surface area contributed by atoms with Crippen molar-refractivity contribution in [1.82, 2.24) is 0 Å². The molecule has 0 saturated heterocycles. The van der Waals surface area contributed by atoms with Gasteiger partial charge in [0.25, 0.3) is 0 Å². The van der Waals surface area contributed by atoms with E-state index in [9.17, 15) is 21.6 Å². The predicted octanol–water partition coefficient (Wildman–Crippen LogP) is 2.92. The van der Waals surface area contributed by atoms with Gasteiger partial charge in [-0.1, -0.05) is 6.07 Å². The lowest BCUT2D eigenvalue weighted by Crippen LogP contribution is -2.24. The van der Waals surface area contributed by atoms with E-state index in [0.29, 0.717) is 11.3 Å². The molecule has 0 saturated carbocycles. The van der Waals surface area contributed by atoms with E-state index in [2.05, 4.69) is 0 Å². The summed E-state index contributed by atoms with van der Waals surface area (Å²) < 4.78 is 58.4. The highest BCUT2D eigenvalue weighted by Crippen LogP contribution is 2.42. The van der Waals surface area contributed by atoms with Crippen molar-refractivity contribution in [1.29, 1.82) is 0 Å². The van der Waals surface area contributed by atoms with Crippen LogP contribution in [-0.4, -0.2) is 14.6 Å². The number of halogens is 4. The van der Waals surface area contributed by atoms with Crippen molar-refractivity contribution in [3.63, 3.8) is 0 Å². The first-order chi connectivity index (χ1) is 6.23. The molecule has 1 aromatic heterocycles. The summed E-state index contributed by atoms with van der Waals surface area (Å²) in [5, 5.41) is -1.27. The summed E-state index contributed by atoms with van der Waals surface area (Å²) in [5.74, 6) is 0. The van der Waals surface area contributed by atoms with Crippen molar-refractivity contribution < 1.29 is 21.6 Å². The van der Waals surface area contributed by atoms with Gasteiger partial charge in [-0.3, -0.25) is 0 Å². The quantitative estimate of drug-likeness (QED) is 0.770. The molecule has 1 aromatic rings. The normalized spacial score (nSPS) is 15.4. The second kappa shape index (κ2) is 3.71. The third-order valence-electron chi connectivity index (χ3n) is 1.38. The van der Waals surface area contributed by atoms with Gasteiger partial charge in [0.05, 0.1) is 0 Å². The first-order valence-electron chi connectivity index (χ1n) is 3.26. The van der Waals surface area contributed by atoms with Crippen molar-refractivity contribution in [3.05, 3.63) is 22.4 Å². The molecule has 2 nitrogen and oxygen atoms in total. The molecule has 80 valence electrons. The summed E-state index contributed by atoms with van der Waals surface area (Å²) in [5.41, 5.74) is 0. The molecule has 0 N–H and O–H groups in total. The number of alkyl halides is 3. The largest absolute Gasteiger partial charge is 0.411 e. The van der Waals surface area contributed by atoms with E-state index in [1.165, 1.54) is 11.4 Å². The molecule has 0 fully saturated rings. The molecule has 1 unspecified atom stereocenters. The molecule has 0 aliphatic carbocycles. The van der Waals surface area contributed by atoms with Crippen molar-refractivity contribution >= 4 is 31.1 Å². The summed E-state index contributed by atoms with van der Waals surface area (Å²) in [4.78, 5) is -0.326. The Morgan fingerprint density at radius 2 is 2.00 bits per heavy atom. The highest BCUT2D eigenvalue weighted by molar-refractivity contribution is 8.14. The topological polar surface area (TPSA) is 34.1 Å². The minimum Gasteiger partial charge on any atom is -0.211 e. The fourth-order valence-corrected chi connectivity index (χ4v) is 3.60. The first kappa shape index (κ1) is 11.8. The first-order valence-corrected chi connectivity index (χ1v) is 6.51. The van der Waals surface area contributed by atoms with Crippen LogP contribution in [0.1, 0.15) is 10.1 Å². The predicted molar refractivity (Wildman–Crippen MR) is 47.9 cm³/mol. The zero-order valence-corrected chi connectivity index (χ0v) is 8.84. The molecule has 0 aromatic carbocycles. The SMILES string of the molecule is O=S(=O)(Cl)C(c1cccs1)C(F)(F)F. The molecule has 0 aliphatic rings. The zero-order chi connectivity index (χ0) is 11.0. The molecule has 0 amide bonds. The molecule has 0 bridgehead atoms. The molecule has 0 aliphatic heterocycles. The van der Waals surface area contributed by atoms with Gasteiger partial charge in [0.2, 0.25) is 14.3 Å². The number of thiophene rings is 1. The standard InChI is InChI=1S/C6H4ClF3O2S2/c7-14(11,12)5(6(8,9)10)4-2-1-3-13-4/h1-3,5H. The number of hydrogen-bond donors (Lipinski definition) is 0. The highest BCUT2D eigenvalue weighted by atomic mass is 35.7. The minimum atomic E-state index is -4.88. The molecule has 1 atom stereocenters. The summed E-state index contributed by atoms with van der Waals surface area (Å²) in [6.45, 7) is 0. The lowest BCUT2D eigenvalue weighted by Gasteiger charge is -2.15. The van der Waals surface area contributed by atoms with E-state index in [1.807, 2.05) is 0 Å². The van der Waals surface area contributed by atoms with Crippen LogP contribution in [0.25, 0.3) is 0 Å². The van der Waals surface area contributed by atoms with Gasteiger partial charge in [0.15, 0.2) is 0 Å². The van der Waals surface area contributed by atoms with E-state index in [0.717, 1.165) is 6.07 Å². The summed E-state index contributed by atoms with van der Waals surface area (Å²) in [6, 6.07) is 2.42. The third kappa shape index (κ3) is 2.61. The van der Waals surface area contributed by atoms with Crippen LogP contribution in [0, 0.1) is 0 Å². The van der Waals surface area contributed by atoms with E-state index in [1.54, 1.807) is 0 Å². The molecule has 0 spiro atoms. The molecule has 14 heavy (non-hydrogen) atoms. The Hall–Kier alpha value is -0.270. The second-order valence-electron chi connectivity index (χ2n) is 2.41. The van der Waals surface area contributed by atoms with Gasteiger partial charge < -0.3 is 0 Å². The van der Waals surface area contributed by atoms with Crippen LogP contribution in [-0.2, 0) is 9.05 Å². The Balaban J connectivity index is 3.22. The monoisotopic (exact) mass is 264 g/mol. The van der Waals surface area contributed by atoms with Crippen molar-refractivity contribution in [2.45, 2.75) is 11.4 Å². The number of rotatable bonds is 2. The van der Waals surface area contributed by atoms with Gasteiger partial charge in [0, 0.05) is 15.6 Å². The lowest BCUT2D eigenvalue weighted by atomic mass is 10.3. The molecular weight excluding hydrogens is 261 g/mol. The van der Waals surface area contributed by atoms with Crippen LogP contribution in [0.3, 0.4) is 0 Å². The Morgan fingerprint density at radius 3 is 2.29 bits per heavy atom. The van der Waals surface area contributed by atoms with Gasteiger partial charge in [-0.2, -0.15) is 13.2 Å². The van der Waals surface area contributed by atoms with Crippen molar-refractivity contribution in [2.75, 3.05) is 0 Å². The molecule has 8 heteroatoms. The maximum absolute atomic E-state index is 12.3. The van der Waals surface area contributed by atoms with Crippen molar-refractivity contribution in [2.24, 2.45) is 0 Å². The van der Waals surface area contributed by atoms with E-state index < -0.39 is 20.5 Å². The van der Waals surface area contributed by atoms with Crippen LogP contribution >= 0.6 is 22.0 Å². The lowest BCUT2D eigenvalue weighted by molar-refractivity contribution is -0.130. The third-order valence-corrected chi connectivity index (χ3v) is 4.09. The van der Waals surface area contributed by atoms with Gasteiger partial charge in [0.1, 0.15) is 0 Å². The molecule has 1 heterocycles. The Kier molecular flexibility index (Phi) is 3.13. The van der Waals surface area contributed by atoms with E-state index >= 15 is 0 Å². The summed E-state index contributed by atoms with van der Waals surface area (Å²) >= 11 is 0.701. The summed E-state index contributed by atoms with van der Waals surface area (Å²) in [7, 11) is 0.0462. The highest BCUT2D eigenvalue weighted by Gasteiger charge is 2.49. The van der Waals surface area contributed by atoms with Crippen LogP contribution in [0.15, 0.2) is 17.5 Å². The smallest absolute Gasteiger partial charge is 0.211 e. The van der Waals surface area contributed by atoms with Gasteiger partial charge in [-0.15, -0.1) is 11.3 Å². The van der Waals surface area contributed by atoms with Crippen molar-refractivity contribution in [3.8, 4) is 0 Å². The Bertz CT molecular complexity index is 395.